The molecule has 2 saturated heterocycles. The average Bonchev–Trinajstić information content (AvgIpc) is 3.68. The van der Waals surface area contributed by atoms with E-state index in [9.17, 15) is 14.0 Å². The molecule has 0 bridgehead atoms. The molecule has 10 nitrogen and oxygen atoms in total. The van der Waals surface area contributed by atoms with Gasteiger partial charge < -0.3 is 15.1 Å². The number of halogens is 1. The summed E-state index contributed by atoms with van der Waals surface area (Å²) in [6.07, 6.45) is 3.47. The van der Waals surface area contributed by atoms with E-state index in [1.165, 1.54) is 12.1 Å². The van der Waals surface area contributed by atoms with E-state index in [4.69, 9.17) is 0 Å². The molecule has 7 rings (SSSR count). The van der Waals surface area contributed by atoms with Crippen LogP contribution in [-0.2, 0) is 9.59 Å². The van der Waals surface area contributed by atoms with Gasteiger partial charge >= 0.3 is 0 Å². The minimum absolute atomic E-state index is 0.0629. The highest BCUT2D eigenvalue weighted by Gasteiger charge is 2.36. The fourth-order valence-corrected chi connectivity index (χ4v) is 6.47. The Labute approximate surface area is 266 Å². The molecule has 2 aliphatic rings. The Balaban J connectivity index is 0.919. The van der Waals surface area contributed by atoms with E-state index in [-0.39, 0.29) is 29.5 Å². The highest BCUT2D eigenvalue weighted by molar-refractivity contribution is 5.99. The maximum absolute atomic E-state index is 13.4. The zero-order valence-corrected chi connectivity index (χ0v) is 25.6. The summed E-state index contributed by atoms with van der Waals surface area (Å²) in [5.41, 5.74) is 5.07. The van der Waals surface area contributed by atoms with Crippen molar-refractivity contribution in [3.05, 3.63) is 91.0 Å². The Morgan fingerprint density at radius 1 is 0.913 bits per heavy atom. The summed E-state index contributed by atoms with van der Waals surface area (Å²) in [6, 6.07) is 21.8. The Kier molecular flexibility index (Phi) is 8.15. The number of fused-ring (bicyclic) bond motifs is 1. The molecule has 0 aliphatic carbocycles. The topological polar surface area (TPSA) is 110 Å². The lowest BCUT2D eigenvalue weighted by Gasteiger charge is -2.36. The van der Waals surface area contributed by atoms with Crippen molar-refractivity contribution in [3.8, 4) is 22.6 Å². The van der Waals surface area contributed by atoms with Crippen molar-refractivity contribution < 1.29 is 14.0 Å². The number of piperazine rings is 1. The lowest BCUT2D eigenvalue weighted by molar-refractivity contribution is -0.132. The van der Waals surface area contributed by atoms with Crippen LogP contribution in [0.1, 0.15) is 6.92 Å². The number of hydrogen-bond donors (Lipinski definition) is 2. The normalized spacial score (nSPS) is 18.7. The molecule has 3 aromatic carbocycles. The molecule has 46 heavy (non-hydrogen) atoms. The molecule has 2 fully saturated rings. The standard InChI is InChI=1S/C35H35FN8O2/c1-23-20-42(22-32(45)44-17-15-43(16-18-44)28-10-5-25(6-11-28)34-37-13-2-14-38-34)21-30(23)35(46)39-27-9-12-31-29(19-27)33(41-40-31)24-3-7-26(36)8-4-24/h2-14,19,23,30H,15-18,20-22H2,1H3,(H,39,46)(H,40,41)/t23-,30+/m1/s1. The number of carbonyl (C=O) groups excluding carboxylic acids is 2. The van der Waals surface area contributed by atoms with Crippen molar-refractivity contribution in [2.24, 2.45) is 11.8 Å². The molecule has 11 heteroatoms. The Hall–Kier alpha value is -5.16. The number of hydrogen-bond acceptors (Lipinski definition) is 7. The Bertz CT molecular complexity index is 1840. The molecule has 0 spiro atoms. The van der Waals surface area contributed by atoms with Crippen molar-refractivity contribution in [3.63, 3.8) is 0 Å². The second-order valence-corrected chi connectivity index (χ2v) is 12.1. The van der Waals surface area contributed by atoms with Gasteiger partial charge in [0.2, 0.25) is 11.8 Å². The molecular weight excluding hydrogens is 583 g/mol. The molecule has 5 aromatic rings. The number of anilines is 2. The van der Waals surface area contributed by atoms with Crippen molar-refractivity contribution >= 4 is 34.1 Å². The van der Waals surface area contributed by atoms with Crippen LogP contribution in [0.3, 0.4) is 0 Å². The van der Waals surface area contributed by atoms with E-state index < -0.39 is 0 Å². The van der Waals surface area contributed by atoms with Crippen LogP contribution >= 0.6 is 0 Å². The molecule has 4 heterocycles. The lowest BCUT2D eigenvalue weighted by atomic mass is 9.97. The van der Waals surface area contributed by atoms with Gasteiger partial charge in [-0.1, -0.05) is 6.92 Å². The third-order valence-electron chi connectivity index (χ3n) is 9.02. The summed E-state index contributed by atoms with van der Waals surface area (Å²) >= 11 is 0. The number of benzene rings is 3. The molecule has 0 saturated carbocycles. The third kappa shape index (κ3) is 6.18. The van der Waals surface area contributed by atoms with E-state index >= 15 is 0 Å². The van der Waals surface area contributed by atoms with Crippen LogP contribution in [0.15, 0.2) is 85.2 Å². The van der Waals surface area contributed by atoms with Gasteiger partial charge in [-0.2, -0.15) is 5.10 Å². The van der Waals surface area contributed by atoms with Crippen LogP contribution in [0.25, 0.3) is 33.5 Å². The summed E-state index contributed by atoms with van der Waals surface area (Å²) in [5.74, 6) is 0.313. The van der Waals surface area contributed by atoms with Crippen molar-refractivity contribution in [1.82, 2.24) is 30.0 Å². The van der Waals surface area contributed by atoms with Crippen molar-refractivity contribution in [2.45, 2.75) is 6.92 Å². The zero-order valence-electron chi connectivity index (χ0n) is 25.6. The van der Waals surface area contributed by atoms with E-state index in [2.05, 4.69) is 54.3 Å². The van der Waals surface area contributed by atoms with E-state index in [1.807, 2.05) is 35.2 Å². The van der Waals surface area contributed by atoms with Gasteiger partial charge in [0, 0.05) is 79.6 Å². The maximum Gasteiger partial charge on any atom is 0.236 e. The van der Waals surface area contributed by atoms with Crippen molar-refractivity contribution in [2.75, 3.05) is 56.0 Å². The molecular formula is C35H35FN8O2. The van der Waals surface area contributed by atoms with Gasteiger partial charge in [0.15, 0.2) is 5.82 Å². The number of aromatic nitrogens is 4. The lowest BCUT2D eigenvalue weighted by Crippen LogP contribution is -2.51. The van der Waals surface area contributed by atoms with E-state index in [1.54, 1.807) is 30.6 Å². The van der Waals surface area contributed by atoms with Crippen LogP contribution in [0.4, 0.5) is 15.8 Å². The minimum atomic E-state index is -0.307. The number of nitrogens with zero attached hydrogens (tertiary/aromatic N) is 6. The molecule has 2 amide bonds. The fraction of sp³-hybridized carbons (Fsp3) is 0.286. The van der Waals surface area contributed by atoms with Gasteiger partial charge in [0.1, 0.15) is 5.82 Å². The quantitative estimate of drug-likeness (QED) is 0.273. The second kappa shape index (κ2) is 12.7. The predicted molar refractivity (Wildman–Crippen MR) is 175 cm³/mol. The highest BCUT2D eigenvalue weighted by Crippen LogP contribution is 2.30. The van der Waals surface area contributed by atoms with Crippen LogP contribution in [0, 0.1) is 17.7 Å². The molecule has 0 radical (unpaired) electrons. The SMILES string of the molecule is C[C@@H]1CN(CC(=O)N2CCN(c3ccc(-c4ncccn4)cc3)CC2)C[C@@H]1C(=O)Nc1ccc2[nH]nc(-c3ccc(F)cc3)c2c1. The summed E-state index contributed by atoms with van der Waals surface area (Å²) in [4.78, 5) is 41.6. The van der Waals surface area contributed by atoms with Crippen LogP contribution in [-0.4, -0.2) is 87.6 Å². The first-order valence-corrected chi connectivity index (χ1v) is 15.6. The number of carbonyl (C=O) groups is 2. The number of nitrogens with one attached hydrogen (secondary N) is 2. The second-order valence-electron chi connectivity index (χ2n) is 12.1. The number of H-pyrrole nitrogens is 1. The first-order valence-electron chi connectivity index (χ1n) is 15.6. The van der Waals surface area contributed by atoms with Gasteiger partial charge in [0.05, 0.1) is 23.7 Å². The molecule has 2 aromatic heterocycles. The Morgan fingerprint density at radius 2 is 1.63 bits per heavy atom. The minimum Gasteiger partial charge on any atom is -0.368 e. The summed E-state index contributed by atoms with van der Waals surface area (Å²) in [7, 11) is 0. The van der Waals surface area contributed by atoms with E-state index in [0.717, 1.165) is 40.8 Å². The van der Waals surface area contributed by atoms with Crippen LogP contribution in [0.2, 0.25) is 0 Å². The molecule has 234 valence electrons. The van der Waals surface area contributed by atoms with Gasteiger partial charge in [-0.3, -0.25) is 19.6 Å². The first kappa shape index (κ1) is 29.5. The summed E-state index contributed by atoms with van der Waals surface area (Å²) < 4.78 is 13.4. The molecule has 2 aliphatic heterocycles. The predicted octanol–water partition coefficient (Wildman–Crippen LogP) is 4.68. The average molecular weight is 619 g/mol. The van der Waals surface area contributed by atoms with Crippen LogP contribution in [0.5, 0.6) is 0 Å². The van der Waals surface area contributed by atoms with Gasteiger partial charge in [-0.15, -0.1) is 0 Å². The number of aromatic amines is 1. The molecule has 2 N–H and O–H groups in total. The monoisotopic (exact) mass is 618 g/mol. The number of likely N-dealkylation sites (tertiary alicyclic amines) is 1. The Morgan fingerprint density at radius 3 is 2.37 bits per heavy atom. The van der Waals surface area contributed by atoms with E-state index in [0.29, 0.717) is 49.9 Å². The fourth-order valence-electron chi connectivity index (χ4n) is 6.47. The zero-order chi connectivity index (χ0) is 31.6. The molecule has 2 atom stereocenters. The van der Waals surface area contributed by atoms with Gasteiger partial charge in [-0.05, 0) is 78.7 Å². The molecule has 0 unspecified atom stereocenters. The smallest absolute Gasteiger partial charge is 0.236 e. The summed E-state index contributed by atoms with van der Waals surface area (Å²) in [5, 5.41) is 11.3. The maximum atomic E-state index is 13.4. The summed E-state index contributed by atoms with van der Waals surface area (Å²) in [6.45, 7) is 6.44. The first-order chi connectivity index (χ1) is 22.4. The van der Waals surface area contributed by atoms with Gasteiger partial charge in [0.25, 0.3) is 0 Å². The van der Waals surface area contributed by atoms with Crippen molar-refractivity contribution in [1.29, 1.82) is 0 Å². The van der Waals surface area contributed by atoms with Crippen LogP contribution < -0.4 is 10.2 Å². The largest absolute Gasteiger partial charge is 0.368 e. The number of amides is 2. The third-order valence-corrected chi connectivity index (χ3v) is 9.02. The highest BCUT2D eigenvalue weighted by atomic mass is 19.1. The number of rotatable bonds is 7. The van der Waals surface area contributed by atoms with Gasteiger partial charge in [-0.25, -0.2) is 14.4 Å².